The smallest absolute Gasteiger partial charge is 0.261 e. The molecule has 1 amide bonds. The van der Waals surface area contributed by atoms with Crippen molar-refractivity contribution in [3.05, 3.63) is 88.7 Å². The average Bonchev–Trinajstić information content (AvgIpc) is 2.75. The van der Waals surface area contributed by atoms with E-state index in [2.05, 4.69) is 16.1 Å². The Labute approximate surface area is 181 Å². The number of hydrogen-bond acceptors (Lipinski definition) is 3. The molecule has 0 radical (unpaired) electrons. The molecule has 7 heteroatoms. The average molecular weight is 439 g/mol. The van der Waals surface area contributed by atoms with Gasteiger partial charge in [0, 0.05) is 16.9 Å². The summed E-state index contributed by atoms with van der Waals surface area (Å²) in [5, 5.41) is 2.96. The van der Waals surface area contributed by atoms with Crippen LogP contribution in [0.2, 0.25) is 0 Å². The van der Waals surface area contributed by atoms with Crippen LogP contribution in [0, 0.1) is 12.7 Å². The number of halogens is 1. The Bertz CT molecular complexity index is 1260. The van der Waals surface area contributed by atoms with Gasteiger partial charge < -0.3 is 5.32 Å². The van der Waals surface area contributed by atoms with Crippen LogP contribution < -0.4 is 10.0 Å². The molecule has 31 heavy (non-hydrogen) atoms. The van der Waals surface area contributed by atoms with Gasteiger partial charge >= 0.3 is 0 Å². The molecule has 160 valence electrons. The second-order valence-corrected chi connectivity index (χ2v) is 9.38. The molecule has 0 heterocycles. The van der Waals surface area contributed by atoms with Crippen molar-refractivity contribution < 1.29 is 17.6 Å². The van der Waals surface area contributed by atoms with E-state index in [1.54, 1.807) is 25.1 Å². The number of carbonyl (C=O) groups is 1. The number of rotatable bonds is 5. The third kappa shape index (κ3) is 4.61. The van der Waals surface area contributed by atoms with Gasteiger partial charge in [0.1, 0.15) is 5.82 Å². The third-order valence-electron chi connectivity index (χ3n) is 5.47. The van der Waals surface area contributed by atoms with Crippen LogP contribution >= 0.6 is 0 Å². The number of anilines is 2. The molecule has 0 saturated heterocycles. The summed E-state index contributed by atoms with van der Waals surface area (Å²) in [4.78, 5) is 12.7. The quantitative estimate of drug-likeness (QED) is 0.584. The van der Waals surface area contributed by atoms with E-state index in [9.17, 15) is 17.6 Å². The molecule has 3 aromatic rings. The topological polar surface area (TPSA) is 75.3 Å². The fourth-order valence-corrected chi connectivity index (χ4v) is 4.83. The van der Waals surface area contributed by atoms with Gasteiger partial charge in [0.2, 0.25) is 0 Å². The summed E-state index contributed by atoms with van der Waals surface area (Å²) in [5.74, 6) is -0.913. The Balaban J connectivity index is 1.54. The lowest BCUT2D eigenvalue weighted by molar-refractivity contribution is 0.102. The molecule has 4 rings (SSSR count). The standard InChI is InChI=1S/C24H23FN2O3S/c1-16-12-13-20(15-22(16)25)31(29,30)27-19-9-4-8-18(14-19)24(28)26-23-11-5-7-17-6-2-3-10-21(17)23/h4-5,7-9,11-15,27H,2-3,6,10H2,1H3,(H,26,28). The molecular formula is C24H23FN2O3S. The van der Waals surface area contributed by atoms with Crippen LogP contribution in [0.15, 0.2) is 65.6 Å². The summed E-state index contributed by atoms with van der Waals surface area (Å²) in [5.41, 5.74) is 4.13. The van der Waals surface area contributed by atoms with Gasteiger partial charge in [-0.1, -0.05) is 24.3 Å². The number of sulfonamides is 1. The van der Waals surface area contributed by atoms with Crippen LogP contribution in [0.1, 0.15) is 39.9 Å². The maximum absolute atomic E-state index is 13.8. The zero-order valence-electron chi connectivity index (χ0n) is 17.1. The van der Waals surface area contributed by atoms with Crippen LogP contribution in [0.4, 0.5) is 15.8 Å². The minimum absolute atomic E-state index is 0.179. The number of nitrogens with one attached hydrogen (secondary N) is 2. The predicted octanol–water partition coefficient (Wildman–Crippen LogP) is 5.07. The van der Waals surface area contributed by atoms with E-state index in [0.717, 1.165) is 37.4 Å². The van der Waals surface area contributed by atoms with Gasteiger partial charge in [0.25, 0.3) is 15.9 Å². The van der Waals surface area contributed by atoms with Gasteiger partial charge in [-0.05, 0) is 85.7 Å². The SMILES string of the molecule is Cc1ccc(S(=O)(=O)Nc2cccc(C(=O)Nc3cccc4c3CCCC4)c2)cc1F. The van der Waals surface area contributed by atoms with Gasteiger partial charge in [-0.2, -0.15) is 0 Å². The Hall–Kier alpha value is -3.19. The molecule has 3 aromatic carbocycles. The van der Waals surface area contributed by atoms with Gasteiger partial charge in [-0.3, -0.25) is 9.52 Å². The number of hydrogen-bond donors (Lipinski definition) is 2. The lowest BCUT2D eigenvalue weighted by Gasteiger charge is -2.19. The van der Waals surface area contributed by atoms with Crippen molar-refractivity contribution in [2.24, 2.45) is 0 Å². The van der Waals surface area contributed by atoms with Crippen molar-refractivity contribution in [1.82, 2.24) is 0 Å². The molecule has 0 unspecified atom stereocenters. The number of benzene rings is 3. The summed E-state index contributed by atoms with van der Waals surface area (Å²) in [6.45, 7) is 1.56. The summed E-state index contributed by atoms with van der Waals surface area (Å²) in [6, 6.07) is 15.9. The first-order valence-electron chi connectivity index (χ1n) is 10.1. The van der Waals surface area contributed by atoms with Crippen molar-refractivity contribution in [1.29, 1.82) is 0 Å². The third-order valence-corrected chi connectivity index (χ3v) is 6.85. The molecule has 1 aliphatic rings. The van der Waals surface area contributed by atoms with E-state index in [-0.39, 0.29) is 16.5 Å². The summed E-state index contributed by atoms with van der Waals surface area (Å²) in [6.07, 6.45) is 4.18. The largest absolute Gasteiger partial charge is 0.322 e. The molecule has 0 saturated carbocycles. The number of amides is 1. The van der Waals surface area contributed by atoms with Crippen LogP contribution in [-0.2, 0) is 22.9 Å². The van der Waals surface area contributed by atoms with Gasteiger partial charge in [0.05, 0.1) is 4.90 Å². The van der Waals surface area contributed by atoms with Crippen molar-refractivity contribution in [3.63, 3.8) is 0 Å². The normalized spacial score (nSPS) is 13.4. The Kier molecular flexibility index (Phi) is 5.78. The van der Waals surface area contributed by atoms with E-state index < -0.39 is 15.8 Å². The molecule has 2 N–H and O–H groups in total. The molecule has 0 bridgehead atoms. The molecule has 0 aromatic heterocycles. The van der Waals surface area contributed by atoms with Crippen molar-refractivity contribution in [2.45, 2.75) is 37.5 Å². The van der Waals surface area contributed by atoms with Crippen LogP contribution in [0.25, 0.3) is 0 Å². The zero-order valence-corrected chi connectivity index (χ0v) is 17.9. The van der Waals surface area contributed by atoms with E-state index in [1.165, 1.54) is 29.3 Å². The zero-order chi connectivity index (χ0) is 22.0. The first-order valence-corrected chi connectivity index (χ1v) is 11.6. The second kappa shape index (κ2) is 8.51. The maximum atomic E-state index is 13.8. The Morgan fingerprint density at radius 2 is 1.74 bits per heavy atom. The van der Waals surface area contributed by atoms with Crippen LogP contribution in [0.3, 0.4) is 0 Å². The minimum atomic E-state index is -3.99. The van der Waals surface area contributed by atoms with Crippen molar-refractivity contribution >= 4 is 27.3 Å². The molecular weight excluding hydrogens is 415 g/mol. The van der Waals surface area contributed by atoms with E-state index in [1.807, 2.05) is 12.1 Å². The number of fused-ring (bicyclic) bond motifs is 1. The highest BCUT2D eigenvalue weighted by atomic mass is 32.2. The number of aryl methyl sites for hydroxylation is 2. The van der Waals surface area contributed by atoms with Gasteiger partial charge in [0.15, 0.2) is 0 Å². The van der Waals surface area contributed by atoms with Crippen molar-refractivity contribution in [3.8, 4) is 0 Å². The molecule has 0 aliphatic heterocycles. The highest BCUT2D eigenvalue weighted by molar-refractivity contribution is 7.92. The van der Waals surface area contributed by atoms with Gasteiger partial charge in [-0.25, -0.2) is 12.8 Å². The van der Waals surface area contributed by atoms with Crippen molar-refractivity contribution in [2.75, 3.05) is 10.0 Å². The van der Waals surface area contributed by atoms with Gasteiger partial charge in [-0.15, -0.1) is 0 Å². The highest BCUT2D eigenvalue weighted by Crippen LogP contribution is 2.28. The Morgan fingerprint density at radius 1 is 0.968 bits per heavy atom. The number of carbonyl (C=O) groups excluding carboxylic acids is 1. The van der Waals surface area contributed by atoms with Crippen LogP contribution in [-0.4, -0.2) is 14.3 Å². The second-order valence-electron chi connectivity index (χ2n) is 7.70. The summed E-state index contributed by atoms with van der Waals surface area (Å²) < 4.78 is 41.5. The Morgan fingerprint density at radius 3 is 2.55 bits per heavy atom. The monoisotopic (exact) mass is 438 g/mol. The summed E-state index contributed by atoms with van der Waals surface area (Å²) in [7, 11) is -3.99. The maximum Gasteiger partial charge on any atom is 0.261 e. The highest BCUT2D eigenvalue weighted by Gasteiger charge is 2.18. The fraction of sp³-hybridized carbons (Fsp3) is 0.208. The summed E-state index contributed by atoms with van der Waals surface area (Å²) >= 11 is 0. The first kappa shape index (κ1) is 21.1. The molecule has 0 fully saturated rings. The molecule has 1 aliphatic carbocycles. The molecule has 0 spiro atoms. The van der Waals surface area contributed by atoms with Crippen LogP contribution in [0.5, 0.6) is 0 Å². The van der Waals surface area contributed by atoms with E-state index in [0.29, 0.717) is 11.1 Å². The van der Waals surface area contributed by atoms with E-state index >= 15 is 0 Å². The predicted molar refractivity (Wildman–Crippen MR) is 119 cm³/mol. The lowest BCUT2D eigenvalue weighted by atomic mass is 9.90. The first-order chi connectivity index (χ1) is 14.8. The fourth-order valence-electron chi connectivity index (χ4n) is 3.77. The minimum Gasteiger partial charge on any atom is -0.322 e. The molecule has 0 atom stereocenters. The molecule has 5 nitrogen and oxygen atoms in total. The lowest BCUT2D eigenvalue weighted by Crippen LogP contribution is -2.17. The van der Waals surface area contributed by atoms with E-state index in [4.69, 9.17) is 0 Å².